The largest absolute Gasteiger partial charge is 0.289 e. The summed E-state index contributed by atoms with van der Waals surface area (Å²) in [5.74, 6) is -0.182. The van der Waals surface area contributed by atoms with E-state index in [4.69, 9.17) is 46.4 Å². The van der Waals surface area contributed by atoms with Crippen LogP contribution in [0.1, 0.15) is 15.9 Å². The van der Waals surface area contributed by atoms with E-state index in [9.17, 15) is 4.79 Å². The number of hydrogen-bond acceptors (Lipinski definition) is 3. The van der Waals surface area contributed by atoms with Crippen molar-refractivity contribution in [2.45, 2.75) is 0 Å². The number of nitrogens with zero attached hydrogens (tertiary/aromatic N) is 2. The maximum atomic E-state index is 13.1. The van der Waals surface area contributed by atoms with E-state index in [1.165, 1.54) is 0 Å². The number of halogens is 4. The molecule has 0 amide bonds. The van der Waals surface area contributed by atoms with Crippen molar-refractivity contribution in [3.63, 3.8) is 0 Å². The van der Waals surface area contributed by atoms with Gasteiger partial charge in [0.1, 0.15) is 0 Å². The molecule has 30 heavy (non-hydrogen) atoms. The first kappa shape index (κ1) is 20.8. The van der Waals surface area contributed by atoms with E-state index in [-0.39, 0.29) is 5.78 Å². The molecule has 4 aromatic rings. The molecule has 0 aliphatic carbocycles. The lowest BCUT2D eigenvalue weighted by Crippen LogP contribution is -2.03. The molecule has 0 atom stereocenters. The van der Waals surface area contributed by atoms with E-state index >= 15 is 0 Å². The summed E-state index contributed by atoms with van der Waals surface area (Å²) in [6, 6.07) is 16.9. The highest BCUT2D eigenvalue weighted by molar-refractivity contribution is 6.36. The maximum Gasteiger partial charge on any atom is 0.193 e. The van der Waals surface area contributed by atoms with Crippen LogP contribution in [-0.4, -0.2) is 15.8 Å². The first-order valence-corrected chi connectivity index (χ1v) is 10.3. The van der Waals surface area contributed by atoms with Gasteiger partial charge in [-0.25, -0.2) is 0 Å². The molecule has 3 nitrogen and oxygen atoms in total. The standard InChI is InChI=1S/C23H12Cl4N2O/c24-15-1-3-19(26)17(11-15)21-9-13(5-7-28-21)23(30)14-6-8-29-22(10-14)18-12-16(25)2-4-20(18)27/h1-12H. The Hall–Kier alpha value is -2.43. The fraction of sp³-hybridized carbons (Fsp3) is 0. The van der Waals surface area contributed by atoms with Crippen molar-refractivity contribution in [2.24, 2.45) is 0 Å². The van der Waals surface area contributed by atoms with Crippen LogP contribution in [-0.2, 0) is 0 Å². The molecule has 0 aliphatic rings. The summed E-state index contributed by atoms with van der Waals surface area (Å²) < 4.78 is 0. The predicted molar refractivity (Wildman–Crippen MR) is 123 cm³/mol. The average molecular weight is 474 g/mol. The molecule has 0 saturated carbocycles. The van der Waals surface area contributed by atoms with Gasteiger partial charge in [0.2, 0.25) is 0 Å². The van der Waals surface area contributed by atoms with E-state index in [1.54, 1.807) is 73.1 Å². The van der Waals surface area contributed by atoms with Crippen LogP contribution in [0.15, 0.2) is 73.1 Å². The monoisotopic (exact) mass is 472 g/mol. The van der Waals surface area contributed by atoms with Crippen molar-refractivity contribution in [3.05, 3.63) is 104 Å². The van der Waals surface area contributed by atoms with Gasteiger partial charge in [-0.05, 0) is 60.7 Å². The normalized spacial score (nSPS) is 10.8. The number of carbonyl (C=O) groups is 1. The molecule has 0 radical (unpaired) electrons. The number of aromatic nitrogens is 2. The van der Waals surface area contributed by atoms with Gasteiger partial charge in [0.05, 0.1) is 21.4 Å². The van der Waals surface area contributed by atoms with Crippen molar-refractivity contribution >= 4 is 52.2 Å². The van der Waals surface area contributed by atoms with Crippen LogP contribution in [0.4, 0.5) is 0 Å². The second-order valence-electron chi connectivity index (χ2n) is 6.44. The Morgan fingerprint density at radius 3 is 1.47 bits per heavy atom. The van der Waals surface area contributed by atoms with Gasteiger partial charge < -0.3 is 0 Å². The zero-order valence-corrected chi connectivity index (χ0v) is 18.3. The lowest BCUT2D eigenvalue weighted by Gasteiger charge is -2.08. The maximum absolute atomic E-state index is 13.1. The van der Waals surface area contributed by atoms with Crippen LogP contribution in [0.2, 0.25) is 20.1 Å². The number of ketones is 1. The van der Waals surface area contributed by atoms with Crippen LogP contribution in [0, 0.1) is 0 Å². The Labute approximate surface area is 193 Å². The zero-order valence-electron chi connectivity index (χ0n) is 15.2. The fourth-order valence-corrected chi connectivity index (χ4v) is 3.77. The van der Waals surface area contributed by atoms with E-state index in [2.05, 4.69) is 9.97 Å². The Balaban J connectivity index is 1.72. The molecule has 0 unspecified atom stereocenters. The summed E-state index contributed by atoms with van der Waals surface area (Å²) in [5, 5.41) is 2.06. The second-order valence-corrected chi connectivity index (χ2v) is 8.12. The highest BCUT2D eigenvalue weighted by Gasteiger charge is 2.15. The summed E-state index contributed by atoms with van der Waals surface area (Å²) in [6.07, 6.45) is 3.13. The minimum atomic E-state index is -0.182. The van der Waals surface area contributed by atoms with Crippen molar-refractivity contribution in [2.75, 3.05) is 0 Å². The highest BCUT2D eigenvalue weighted by Crippen LogP contribution is 2.31. The number of benzene rings is 2. The quantitative estimate of drug-likeness (QED) is 0.286. The zero-order chi connectivity index (χ0) is 21.3. The highest BCUT2D eigenvalue weighted by atomic mass is 35.5. The molecule has 0 fully saturated rings. The van der Waals surface area contributed by atoms with Gasteiger partial charge in [0.15, 0.2) is 5.78 Å². The van der Waals surface area contributed by atoms with Crippen LogP contribution < -0.4 is 0 Å². The Morgan fingerprint density at radius 2 is 1.03 bits per heavy atom. The second kappa shape index (κ2) is 8.75. The molecule has 2 aromatic heterocycles. The topological polar surface area (TPSA) is 42.9 Å². The van der Waals surface area contributed by atoms with Crippen molar-refractivity contribution in [1.82, 2.24) is 9.97 Å². The first-order chi connectivity index (χ1) is 14.4. The Kier molecular flexibility index (Phi) is 6.07. The lowest BCUT2D eigenvalue weighted by molar-refractivity contribution is 0.103. The van der Waals surface area contributed by atoms with Gasteiger partial charge in [0, 0.05) is 44.7 Å². The molecule has 148 valence electrons. The van der Waals surface area contributed by atoms with Crippen LogP contribution in [0.25, 0.3) is 22.5 Å². The molecular formula is C23H12Cl4N2O. The van der Waals surface area contributed by atoms with Crippen molar-refractivity contribution < 1.29 is 4.79 Å². The molecule has 0 spiro atoms. The van der Waals surface area contributed by atoms with Crippen LogP contribution in [0.3, 0.4) is 0 Å². The van der Waals surface area contributed by atoms with Gasteiger partial charge in [-0.1, -0.05) is 46.4 Å². The van der Waals surface area contributed by atoms with Gasteiger partial charge in [0.25, 0.3) is 0 Å². The number of rotatable bonds is 4. The molecule has 0 bridgehead atoms. The summed E-state index contributed by atoms with van der Waals surface area (Å²) in [7, 11) is 0. The predicted octanol–water partition coefficient (Wildman–Crippen LogP) is 7.66. The van der Waals surface area contributed by atoms with Gasteiger partial charge in [-0.15, -0.1) is 0 Å². The fourth-order valence-electron chi connectivity index (χ4n) is 2.99. The molecule has 0 saturated heterocycles. The van der Waals surface area contributed by atoms with E-state index in [0.29, 0.717) is 53.7 Å². The third kappa shape index (κ3) is 4.35. The SMILES string of the molecule is O=C(c1ccnc(-c2cc(Cl)ccc2Cl)c1)c1ccnc(-c2cc(Cl)ccc2Cl)c1. The summed E-state index contributed by atoms with van der Waals surface area (Å²) in [5.41, 5.74) is 3.34. The van der Waals surface area contributed by atoms with E-state index < -0.39 is 0 Å². The summed E-state index contributed by atoms with van der Waals surface area (Å²) >= 11 is 24.7. The molecule has 4 rings (SSSR count). The molecule has 2 heterocycles. The Bertz CT molecular complexity index is 1180. The molecule has 2 aromatic carbocycles. The van der Waals surface area contributed by atoms with Crippen LogP contribution >= 0.6 is 46.4 Å². The lowest BCUT2D eigenvalue weighted by atomic mass is 10.0. The number of pyridine rings is 2. The van der Waals surface area contributed by atoms with E-state index in [1.807, 2.05) is 0 Å². The van der Waals surface area contributed by atoms with Crippen molar-refractivity contribution in [1.29, 1.82) is 0 Å². The summed E-state index contributed by atoms with van der Waals surface area (Å²) in [4.78, 5) is 21.8. The van der Waals surface area contributed by atoms with Crippen LogP contribution in [0.5, 0.6) is 0 Å². The molecule has 0 N–H and O–H groups in total. The average Bonchev–Trinajstić information content (AvgIpc) is 2.76. The van der Waals surface area contributed by atoms with E-state index in [0.717, 1.165) is 0 Å². The Morgan fingerprint density at radius 1 is 0.600 bits per heavy atom. The van der Waals surface area contributed by atoms with Gasteiger partial charge >= 0.3 is 0 Å². The third-order valence-corrected chi connectivity index (χ3v) is 5.58. The number of hydrogen-bond donors (Lipinski definition) is 0. The first-order valence-electron chi connectivity index (χ1n) is 8.80. The minimum Gasteiger partial charge on any atom is -0.289 e. The van der Waals surface area contributed by atoms with Crippen molar-refractivity contribution in [3.8, 4) is 22.5 Å². The minimum absolute atomic E-state index is 0.182. The third-order valence-electron chi connectivity index (χ3n) is 4.45. The summed E-state index contributed by atoms with van der Waals surface area (Å²) in [6.45, 7) is 0. The molecule has 0 aliphatic heterocycles. The smallest absolute Gasteiger partial charge is 0.193 e. The number of carbonyl (C=O) groups excluding carboxylic acids is 1. The molecular weight excluding hydrogens is 462 g/mol. The van der Waals surface area contributed by atoms with Gasteiger partial charge in [-0.3, -0.25) is 14.8 Å². The molecule has 7 heteroatoms. The van der Waals surface area contributed by atoms with Gasteiger partial charge in [-0.2, -0.15) is 0 Å².